The van der Waals surface area contributed by atoms with Gasteiger partial charge >= 0.3 is 5.97 Å². The van der Waals surface area contributed by atoms with E-state index >= 15 is 0 Å². The number of hydrogen-bond donors (Lipinski definition) is 1. The largest absolute Gasteiger partial charge is 0.465 e. The topological polar surface area (TPSA) is 52.3 Å². The Bertz CT molecular complexity index is 304. The lowest BCUT2D eigenvalue weighted by atomic mass is 9.50. The zero-order valence-electron chi connectivity index (χ0n) is 11.3. The fraction of sp³-hybridized carbons (Fsp3) is 0.929. The zero-order chi connectivity index (χ0) is 12.7. The molecular weight excluding hydrogens is 214 g/mol. The Kier molecular flexibility index (Phi) is 3.01. The predicted molar refractivity (Wildman–Crippen MR) is 67.5 cm³/mol. The molecule has 2 fully saturated rings. The van der Waals surface area contributed by atoms with Crippen molar-refractivity contribution < 1.29 is 9.53 Å². The van der Waals surface area contributed by atoms with E-state index in [1.54, 1.807) is 0 Å². The molecule has 2 N–H and O–H groups in total. The lowest BCUT2D eigenvalue weighted by molar-refractivity contribution is -0.162. The van der Waals surface area contributed by atoms with E-state index in [9.17, 15) is 4.79 Å². The Balaban J connectivity index is 1.92. The van der Waals surface area contributed by atoms with Gasteiger partial charge in [0.2, 0.25) is 0 Å². The summed E-state index contributed by atoms with van der Waals surface area (Å²) < 4.78 is 5.06. The van der Waals surface area contributed by atoms with Crippen molar-refractivity contribution in [1.29, 1.82) is 0 Å². The molecule has 0 amide bonds. The lowest BCUT2D eigenvalue weighted by Crippen LogP contribution is -2.64. The third-order valence-electron chi connectivity index (χ3n) is 4.73. The van der Waals surface area contributed by atoms with Gasteiger partial charge in [0.05, 0.1) is 6.61 Å². The molecular formula is C14H25NO2. The molecule has 0 aliphatic heterocycles. The van der Waals surface area contributed by atoms with E-state index in [0.29, 0.717) is 17.4 Å². The van der Waals surface area contributed by atoms with E-state index in [-0.39, 0.29) is 5.97 Å². The van der Waals surface area contributed by atoms with Gasteiger partial charge in [-0.3, -0.25) is 4.79 Å². The molecule has 2 saturated carbocycles. The van der Waals surface area contributed by atoms with Crippen molar-refractivity contribution in [2.24, 2.45) is 16.6 Å². The quantitative estimate of drug-likeness (QED) is 0.754. The number of carbonyl (C=O) groups excluding carboxylic acids is 1. The predicted octanol–water partition coefficient (Wildman–Crippen LogP) is 2.63. The highest BCUT2D eigenvalue weighted by molar-refractivity contribution is 5.82. The molecule has 0 aromatic carbocycles. The third kappa shape index (κ3) is 2.35. The van der Waals surface area contributed by atoms with Crippen LogP contribution in [0.2, 0.25) is 0 Å². The molecule has 0 atom stereocenters. The van der Waals surface area contributed by atoms with Crippen LogP contribution in [0, 0.1) is 10.8 Å². The Labute approximate surface area is 104 Å². The number of hydrogen-bond acceptors (Lipinski definition) is 3. The van der Waals surface area contributed by atoms with Gasteiger partial charge in [0, 0.05) is 0 Å². The van der Waals surface area contributed by atoms with Crippen LogP contribution in [0.5, 0.6) is 0 Å². The minimum Gasteiger partial charge on any atom is -0.465 e. The number of esters is 1. The van der Waals surface area contributed by atoms with Crippen LogP contribution in [-0.4, -0.2) is 18.1 Å². The lowest BCUT2D eigenvalue weighted by Gasteiger charge is -2.56. The maximum atomic E-state index is 11.8. The minimum absolute atomic E-state index is 0.199. The third-order valence-corrected chi connectivity index (χ3v) is 4.73. The van der Waals surface area contributed by atoms with Crippen LogP contribution in [-0.2, 0) is 9.53 Å². The van der Waals surface area contributed by atoms with Gasteiger partial charge in [0.15, 0.2) is 0 Å². The maximum absolute atomic E-state index is 11.8. The van der Waals surface area contributed by atoms with Crippen molar-refractivity contribution in [3.63, 3.8) is 0 Å². The highest BCUT2D eigenvalue weighted by Crippen LogP contribution is 2.58. The summed E-state index contributed by atoms with van der Waals surface area (Å²) in [6, 6.07) is 0. The number of carbonyl (C=O) groups is 1. The SMILES string of the molecule is CCOC(=O)C1(N)CC2(CCC(C)(C)CC2)C1. The molecule has 17 heavy (non-hydrogen) atoms. The van der Waals surface area contributed by atoms with Crippen molar-refractivity contribution >= 4 is 5.97 Å². The van der Waals surface area contributed by atoms with Crippen LogP contribution < -0.4 is 5.73 Å². The second kappa shape index (κ2) is 3.98. The summed E-state index contributed by atoms with van der Waals surface area (Å²) in [4.78, 5) is 11.8. The number of nitrogens with two attached hydrogens (primary N) is 1. The van der Waals surface area contributed by atoms with Gasteiger partial charge in [-0.1, -0.05) is 13.8 Å². The molecule has 3 nitrogen and oxygen atoms in total. The van der Waals surface area contributed by atoms with E-state index in [1.807, 2.05) is 6.92 Å². The summed E-state index contributed by atoms with van der Waals surface area (Å²) in [6.45, 7) is 6.93. The molecule has 2 rings (SSSR count). The van der Waals surface area contributed by atoms with Crippen LogP contribution in [0.25, 0.3) is 0 Å². The van der Waals surface area contributed by atoms with E-state index < -0.39 is 5.54 Å². The average molecular weight is 239 g/mol. The summed E-state index contributed by atoms with van der Waals surface area (Å²) in [5, 5.41) is 0. The first-order valence-corrected chi connectivity index (χ1v) is 6.77. The normalized spacial score (nSPS) is 28.5. The molecule has 2 aliphatic rings. The molecule has 0 aromatic rings. The number of rotatable bonds is 2. The van der Waals surface area contributed by atoms with Crippen molar-refractivity contribution in [2.45, 2.75) is 64.8 Å². The Morgan fingerprint density at radius 1 is 1.18 bits per heavy atom. The summed E-state index contributed by atoms with van der Waals surface area (Å²) >= 11 is 0. The van der Waals surface area contributed by atoms with Crippen LogP contribution in [0.15, 0.2) is 0 Å². The first-order chi connectivity index (χ1) is 7.81. The highest BCUT2D eigenvalue weighted by atomic mass is 16.5. The first-order valence-electron chi connectivity index (χ1n) is 6.77. The van der Waals surface area contributed by atoms with Gasteiger partial charge in [0.25, 0.3) is 0 Å². The molecule has 0 heterocycles. The molecule has 0 aromatic heterocycles. The molecule has 2 aliphatic carbocycles. The molecule has 98 valence electrons. The number of ether oxygens (including phenoxy) is 1. The first kappa shape index (κ1) is 12.9. The standard InChI is InChI=1S/C14H25NO2/c1-4-17-11(16)14(15)9-13(10-14)7-5-12(2,3)6-8-13/h4-10,15H2,1-3H3. The van der Waals surface area contributed by atoms with E-state index in [1.165, 1.54) is 25.7 Å². The zero-order valence-corrected chi connectivity index (χ0v) is 11.3. The average Bonchev–Trinajstić information content (AvgIpc) is 2.20. The van der Waals surface area contributed by atoms with Crippen LogP contribution in [0.1, 0.15) is 59.3 Å². The van der Waals surface area contributed by atoms with Gasteiger partial charge in [-0.15, -0.1) is 0 Å². The second-order valence-corrected chi connectivity index (χ2v) is 6.89. The summed E-state index contributed by atoms with van der Waals surface area (Å²) in [7, 11) is 0. The van der Waals surface area contributed by atoms with Crippen molar-refractivity contribution in [3.8, 4) is 0 Å². The van der Waals surface area contributed by atoms with Gasteiger partial charge in [0.1, 0.15) is 5.54 Å². The molecule has 0 radical (unpaired) electrons. The highest BCUT2D eigenvalue weighted by Gasteiger charge is 2.58. The molecule has 0 bridgehead atoms. The van der Waals surface area contributed by atoms with E-state index in [2.05, 4.69) is 13.8 Å². The van der Waals surface area contributed by atoms with Crippen LogP contribution in [0.4, 0.5) is 0 Å². The maximum Gasteiger partial charge on any atom is 0.326 e. The van der Waals surface area contributed by atoms with Crippen molar-refractivity contribution in [1.82, 2.24) is 0 Å². The molecule has 3 heteroatoms. The summed E-state index contributed by atoms with van der Waals surface area (Å²) in [5.41, 5.74) is 6.27. The minimum atomic E-state index is -0.683. The van der Waals surface area contributed by atoms with Gasteiger partial charge < -0.3 is 10.5 Å². The molecule has 0 unspecified atom stereocenters. The summed E-state index contributed by atoms with van der Waals surface area (Å²) in [6.07, 6.45) is 6.61. The smallest absolute Gasteiger partial charge is 0.326 e. The molecule has 0 saturated heterocycles. The fourth-order valence-electron chi connectivity index (χ4n) is 3.52. The Morgan fingerprint density at radius 2 is 1.71 bits per heavy atom. The molecule has 1 spiro atoms. The fourth-order valence-corrected chi connectivity index (χ4v) is 3.52. The van der Waals surface area contributed by atoms with Crippen molar-refractivity contribution in [3.05, 3.63) is 0 Å². The van der Waals surface area contributed by atoms with Crippen molar-refractivity contribution in [2.75, 3.05) is 6.61 Å². The monoisotopic (exact) mass is 239 g/mol. The van der Waals surface area contributed by atoms with Gasteiger partial charge in [-0.25, -0.2) is 0 Å². The van der Waals surface area contributed by atoms with Gasteiger partial charge in [-0.05, 0) is 56.3 Å². The van der Waals surface area contributed by atoms with Crippen LogP contribution >= 0.6 is 0 Å². The van der Waals surface area contributed by atoms with E-state index in [0.717, 1.165) is 12.8 Å². The Morgan fingerprint density at radius 3 is 2.18 bits per heavy atom. The van der Waals surface area contributed by atoms with E-state index in [4.69, 9.17) is 10.5 Å². The van der Waals surface area contributed by atoms with Gasteiger partial charge in [-0.2, -0.15) is 0 Å². The van der Waals surface area contributed by atoms with Crippen LogP contribution in [0.3, 0.4) is 0 Å². The summed E-state index contributed by atoms with van der Waals surface area (Å²) in [5.74, 6) is -0.199. The Hall–Kier alpha value is -0.570. The second-order valence-electron chi connectivity index (χ2n) is 6.89.